The van der Waals surface area contributed by atoms with Gasteiger partial charge in [-0.15, -0.1) is 0 Å². The largest absolute Gasteiger partial charge is 0.289 e. The highest BCUT2D eigenvalue weighted by molar-refractivity contribution is 7.93. The lowest BCUT2D eigenvalue weighted by Crippen LogP contribution is -2.36. The van der Waals surface area contributed by atoms with Crippen LogP contribution in [-0.2, 0) is 16.4 Å². The fraction of sp³-hybridized carbons (Fsp3) is 0.200. The molecule has 22 heavy (non-hydrogen) atoms. The molecule has 0 aliphatic carbocycles. The second kappa shape index (κ2) is 5.10. The monoisotopic (exact) mass is 318 g/mol. The summed E-state index contributed by atoms with van der Waals surface area (Å²) in [7, 11) is -3.99. The van der Waals surface area contributed by atoms with E-state index in [2.05, 4.69) is 0 Å². The van der Waals surface area contributed by atoms with Gasteiger partial charge < -0.3 is 0 Å². The van der Waals surface area contributed by atoms with E-state index in [-0.39, 0.29) is 10.9 Å². The first-order chi connectivity index (χ1) is 10.4. The van der Waals surface area contributed by atoms with Crippen molar-refractivity contribution in [1.29, 1.82) is 0 Å². The lowest BCUT2D eigenvalue weighted by atomic mass is 10.1. The van der Waals surface area contributed by atoms with Gasteiger partial charge >= 0.3 is 0 Å². The molecule has 3 rings (SSSR count). The summed E-state index contributed by atoms with van der Waals surface area (Å²) in [4.78, 5) is 10.2. The van der Waals surface area contributed by atoms with E-state index in [1.54, 1.807) is 19.1 Å². The maximum atomic E-state index is 13.0. The van der Waals surface area contributed by atoms with Crippen LogP contribution in [0.25, 0.3) is 0 Å². The van der Waals surface area contributed by atoms with Crippen LogP contribution in [0.1, 0.15) is 12.5 Å². The Hall–Kier alpha value is -2.41. The topological polar surface area (TPSA) is 80.5 Å². The van der Waals surface area contributed by atoms with E-state index in [4.69, 9.17) is 0 Å². The quantitative estimate of drug-likeness (QED) is 0.643. The summed E-state index contributed by atoms with van der Waals surface area (Å²) in [6.45, 7) is 1.80. The van der Waals surface area contributed by atoms with Crippen molar-refractivity contribution in [1.82, 2.24) is 0 Å². The Morgan fingerprint density at radius 1 is 1.14 bits per heavy atom. The summed E-state index contributed by atoms with van der Waals surface area (Å²) in [6.07, 6.45) is 0.593. The molecule has 2 aromatic rings. The van der Waals surface area contributed by atoms with Crippen molar-refractivity contribution in [2.75, 3.05) is 4.31 Å². The highest BCUT2D eigenvalue weighted by Gasteiger charge is 2.38. The minimum absolute atomic E-state index is 0.274. The Kier molecular flexibility index (Phi) is 3.37. The van der Waals surface area contributed by atoms with Gasteiger partial charge in [0.15, 0.2) is 4.90 Å². The molecule has 0 N–H and O–H groups in total. The predicted molar refractivity (Wildman–Crippen MR) is 82.4 cm³/mol. The molecular weight excluding hydrogens is 304 g/mol. The number of hydrogen-bond donors (Lipinski definition) is 0. The van der Waals surface area contributed by atoms with Gasteiger partial charge in [-0.2, -0.15) is 0 Å². The van der Waals surface area contributed by atoms with Gasteiger partial charge in [-0.25, -0.2) is 8.42 Å². The third-order valence-corrected chi connectivity index (χ3v) is 5.72. The molecule has 0 unspecified atom stereocenters. The summed E-state index contributed by atoms with van der Waals surface area (Å²) in [5.74, 6) is 0. The number of benzene rings is 2. The summed E-state index contributed by atoms with van der Waals surface area (Å²) in [6, 6.07) is 12.4. The van der Waals surface area contributed by atoms with E-state index in [0.717, 1.165) is 5.56 Å². The van der Waals surface area contributed by atoms with Crippen LogP contribution in [0.5, 0.6) is 0 Å². The van der Waals surface area contributed by atoms with Crippen molar-refractivity contribution < 1.29 is 13.3 Å². The van der Waals surface area contributed by atoms with E-state index in [0.29, 0.717) is 12.1 Å². The van der Waals surface area contributed by atoms with Gasteiger partial charge in [-0.05, 0) is 31.0 Å². The van der Waals surface area contributed by atoms with Crippen molar-refractivity contribution in [3.8, 4) is 0 Å². The summed E-state index contributed by atoms with van der Waals surface area (Å²) >= 11 is 0. The van der Waals surface area contributed by atoms with Crippen LogP contribution in [0.4, 0.5) is 11.4 Å². The zero-order valence-corrected chi connectivity index (χ0v) is 12.7. The van der Waals surface area contributed by atoms with Crippen molar-refractivity contribution in [3.63, 3.8) is 0 Å². The smallest absolute Gasteiger partial charge is 0.263 e. The molecule has 1 heterocycles. The maximum Gasteiger partial charge on any atom is 0.289 e. The molecule has 2 aromatic carbocycles. The third kappa shape index (κ3) is 2.14. The molecule has 0 bridgehead atoms. The van der Waals surface area contributed by atoms with Gasteiger partial charge in [-0.3, -0.25) is 14.4 Å². The number of nitro groups is 1. The highest BCUT2D eigenvalue weighted by atomic mass is 32.2. The standard InChI is InChI=1S/C15H14N2O4S/c1-11-10-12-6-2-3-7-13(12)16(11)22(20,21)15-9-5-4-8-14(15)17(18)19/h2-9,11H,10H2,1H3/t11-/m0/s1. The molecule has 0 saturated heterocycles. The number of sulfonamides is 1. The van der Waals surface area contributed by atoms with Crippen molar-refractivity contribution >= 4 is 21.4 Å². The number of para-hydroxylation sites is 2. The zero-order chi connectivity index (χ0) is 15.9. The molecule has 114 valence electrons. The highest BCUT2D eigenvalue weighted by Crippen LogP contribution is 2.38. The van der Waals surface area contributed by atoms with Gasteiger partial charge in [0.05, 0.1) is 10.6 Å². The SMILES string of the molecule is C[C@H]1Cc2ccccc2N1S(=O)(=O)c1ccccc1[N+](=O)[O-]. The Bertz CT molecular complexity index is 848. The van der Waals surface area contributed by atoms with Crippen LogP contribution in [0.15, 0.2) is 53.4 Å². The first kappa shape index (κ1) is 14.5. The minimum atomic E-state index is -3.99. The normalized spacial score (nSPS) is 17.3. The van der Waals surface area contributed by atoms with Crippen molar-refractivity contribution in [3.05, 3.63) is 64.2 Å². The van der Waals surface area contributed by atoms with Crippen LogP contribution in [-0.4, -0.2) is 19.4 Å². The molecule has 0 aromatic heterocycles. The van der Waals surface area contributed by atoms with Gasteiger partial charge in [0.25, 0.3) is 15.7 Å². The first-order valence-corrected chi connectivity index (χ1v) is 8.22. The second-order valence-electron chi connectivity index (χ2n) is 5.21. The molecule has 0 saturated carbocycles. The Morgan fingerprint density at radius 3 is 2.50 bits per heavy atom. The zero-order valence-electron chi connectivity index (χ0n) is 11.8. The molecule has 0 radical (unpaired) electrons. The molecule has 1 aliphatic heterocycles. The summed E-state index contributed by atoms with van der Waals surface area (Å²) < 4.78 is 27.2. The van der Waals surface area contributed by atoms with Gasteiger partial charge in [0.1, 0.15) is 0 Å². The van der Waals surface area contributed by atoms with E-state index >= 15 is 0 Å². The van der Waals surface area contributed by atoms with E-state index < -0.39 is 20.6 Å². The Labute approximate surface area is 128 Å². The number of anilines is 1. The minimum Gasteiger partial charge on any atom is -0.263 e. The number of rotatable bonds is 3. The molecule has 0 spiro atoms. The van der Waals surface area contributed by atoms with Crippen LogP contribution >= 0.6 is 0 Å². The van der Waals surface area contributed by atoms with Crippen molar-refractivity contribution in [2.24, 2.45) is 0 Å². The average molecular weight is 318 g/mol. The van der Waals surface area contributed by atoms with Crippen LogP contribution in [0.3, 0.4) is 0 Å². The molecule has 0 fully saturated rings. The molecule has 7 heteroatoms. The van der Waals surface area contributed by atoms with Gasteiger partial charge in [-0.1, -0.05) is 30.3 Å². The Balaban J connectivity index is 2.18. The van der Waals surface area contributed by atoms with Crippen LogP contribution in [0.2, 0.25) is 0 Å². The number of nitrogens with zero attached hydrogens (tertiary/aromatic N) is 2. The summed E-state index contributed by atoms with van der Waals surface area (Å²) in [5, 5.41) is 11.1. The molecule has 6 nitrogen and oxygen atoms in total. The lowest BCUT2D eigenvalue weighted by Gasteiger charge is -2.24. The molecule has 1 aliphatic rings. The number of fused-ring (bicyclic) bond motifs is 1. The van der Waals surface area contributed by atoms with Crippen LogP contribution < -0.4 is 4.31 Å². The fourth-order valence-electron chi connectivity index (χ4n) is 2.84. The van der Waals surface area contributed by atoms with Crippen molar-refractivity contribution in [2.45, 2.75) is 24.3 Å². The van der Waals surface area contributed by atoms with Gasteiger partial charge in [0, 0.05) is 12.1 Å². The first-order valence-electron chi connectivity index (χ1n) is 6.78. The average Bonchev–Trinajstić information content (AvgIpc) is 2.83. The van der Waals surface area contributed by atoms with E-state index in [1.165, 1.54) is 28.6 Å². The molecule has 0 amide bonds. The fourth-order valence-corrected chi connectivity index (χ4v) is 4.69. The Morgan fingerprint density at radius 2 is 1.77 bits per heavy atom. The molecule has 1 atom stereocenters. The number of hydrogen-bond acceptors (Lipinski definition) is 4. The predicted octanol–water partition coefficient (Wildman–Crippen LogP) is 2.73. The van der Waals surface area contributed by atoms with Crippen LogP contribution in [0, 0.1) is 10.1 Å². The molecular formula is C15H14N2O4S. The second-order valence-corrected chi connectivity index (χ2v) is 6.99. The summed E-state index contributed by atoms with van der Waals surface area (Å²) in [5.41, 5.74) is 1.12. The van der Waals surface area contributed by atoms with Gasteiger partial charge in [0.2, 0.25) is 0 Å². The lowest BCUT2D eigenvalue weighted by molar-refractivity contribution is -0.387. The number of nitro benzene ring substituents is 1. The maximum absolute atomic E-state index is 13.0. The van der Waals surface area contributed by atoms with E-state index in [1.807, 2.05) is 12.1 Å². The van der Waals surface area contributed by atoms with E-state index in [9.17, 15) is 18.5 Å². The third-order valence-electron chi connectivity index (χ3n) is 3.74.